The molecular weight excluding hydrogens is 420 g/mol. The van der Waals surface area contributed by atoms with Crippen LogP contribution < -0.4 is 5.56 Å². The molecule has 172 valence electrons. The van der Waals surface area contributed by atoms with E-state index < -0.39 is 5.60 Å². The van der Waals surface area contributed by atoms with Crippen LogP contribution in [-0.2, 0) is 11.8 Å². The Hall–Kier alpha value is -3.62. The number of piperidine rings is 1. The van der Waals surface area contributed by atoms with Crippen LogP contribution in [0.3, 0.4) is 0 Å². The van der Waals surface area contributed by atoms with Crippen LogP contribution in [0.1, 0.15) is 45.2 Å². The lowest BCUT2D eigenvalue weighted by atomic mass is 9.93. The number of fused-ring (bicyclic) bond motifs is 3. The average molecular weight is 449 g/mol. The van der Waals surface area contributed by atoms with Crippen LogP contribution in [0.25, 0.3) is 27.8 Å². The van der Waals surface area contributed by atoms with Crippen LogP contribution in [0.2, 0.25) is 0 Å². The molecule has 0 radical (unpaired) electrons. The van der Waals surface area contributed by atoms with Gasteiger partial charge in [-0.3, -0.25) is 9.48 Å². The van der Waals surface area contributed by atoms with Gasteiger partial charge >= 0.3 is 6.09 Å². The Morgan fingerprint density at radius 3 is 2.61 bits per heavy atom. The first-order valence-corrected chi connectivity index (χ1v) is 11.2. The number of ether oxygens (including phenoxy) is 1. The monoisotopic (exact) mass is 448 g/mol. The number of aromatic nitrogens is 5. The summed E-state index contributed by atoms with van der Waals surface area (Å²) in [6.07, 6.45) is 2.94. The topological polar surface area (TPSA) is 97.5 Å². The highest BCUT2D eigenvalue weighted by Gasteiger charge is 2.29. The molecule has 0 unspecified atom stereocenters. The Labute approximate surface area is 191 Å². The summed E-state index contributed by atoms with van der Waals surface area (Å²) in [5, 5.41) is 10.0. The molecule has 9 nitrogen and oxygen atoms in total. The number of amides is 1. The number of carbonyl (C=O) groups is 1. The zero-order valence-corrected chi connectivity index (χ0v) is 19.3. The Morgan fingerprint density at radius 2 is 1.94 bits per heavy atom. The summed E-state index contributed by atoms with van der Waals surface area (Å²) in [5.74, 6) is 0.114. The van der Waals surface area contributed by atoms with Crippen molar-refractivity contribution in [1.82, 2.24) is 29.3 Å². The summed E-state index contributed by atoms with van der Waals surface area (Å²) in [4.78, 5) is 29.9. The SMILES string of the molecule is Cn1nccc1-c1cccc2nn3c(C4CCN(C(=O)OC(C)(C)C)CC4)cc(=O)[nH]c3c12. The second-order valence-electron chi connectivity index (χ2n) is 9.60. The molecule has 0 spiro atoms. The van der Waals surface area contributed by atoms with Gasteiger partial charge in [0, 0.05) is 43.9 Å². The Bertz CT molecular complexity index is 1400. The molecule has 1 amide bonds. The van der Waals surface area contributed by atoms with Crippen molar-refractivity contribution in [3.8, 4) is 11.3 Å². The Balaban J connectivity index is 1.53. The van der Waals surface area contributed by atoms with Gasteiger partial charge in [-0.2, -0.15) is 10.2 Å². The van der Waals surface area contributed by atoms with Crippen LogP contribution in [0.15, 0.2) is 41.3 Å². The van der Waals surface area contributed by atoms with E-state index >= 15 is 0 Å². The summed E-state index contributed by atoms with van der Waals surface area (Å²) < 4.78 is 9.19. The van der Waals surface area contributed by atoms with Crippen LogP contribution >= 0.6 is 0 Å². The van der Waals surface area contributed by atoms with E-state index in [1.54, 1.807) is 17.2 Å². The molecule has 1 aliphatic rings. The van der Waals surface area contributed by atoms with Gasteiger partial charge < -0.3 is 14.6 Å². The lowest BCUT2D eigenvalue weighted by Gasteiger charge is -2.33. The molecule has 0 atom stereocenters. The fourth-order valence-corrected chi connectivity index (χ4v) is 4.61. The smallest absolute Gasteiger partial charge is 0.410 e. The zero-order valence-electron chi connectivity index (χ0n) is 19.3. The van der Waals surface area contributed by atoms with Gasteiger partial charge in [-0.15, -0.1) is 0 Å². The zero-order chi connectivity index (χ0) is 23.3. The normalized spacial score (nSPS) is 15.5. The van der Waals surface area contributed by atoms with E-state index in [1.807, 2.05) is 61.3 Å². The van der Waals surface area contributed by atoms with Gasteiger partial charge in [-0.05, 0) is 45.7 Å². The fourth-order valence-electron chi connectivity index (χ4n) is 4.61. The number of H-pyrrole nitrogens is 1. The van der Waals surface area contributed by atoms with Crippen molar-refractivity contribution in [1.29, 1.82) is 0 Å². The number of benzene rings is 1. The van der Waals surface area contributed by atoms with Crippen molar-refractivity contribution < 1.29 is 9.53 Å². The molecule has 0 bridgehead atoms. The predicted molar refractivity (Wildman–Crippen MR) is 125 cm³/mol. The minimum absolute atomic E-state index is 0.114. The van der Waals surface area contributed by atoms with Gasteiger partial charge in [0.15, 0.2) is 0 Å². The Kier molecular flexibility index (Phi) is 4.99. The standard InChI is InChI=1S/C24H28N6O3/c1-24(2,3)33-23(32)29-12-9-15(10-13-29)19-14-20(31)26-22-21-16(18-8-11-25-28(18)4)6-5-7-17(21)27-30(19)22/h5-8,11,14-15H,9-10,12-13H2,1-4H3,(H,26,31). The largest absolute Gasteiger partial charge is 0.444 e. The van der Waals surface area contributed by atoms with Gasteiger partial charge in [0.2, 0.25) is 0 Å². The Morgan fingerprint density at radius 1 is 1.18 bits per heavy atom. The van der Waals surface area contributed by atoms with Crippen LogP contribution in [0.5, 0.6) is 0 Å². The van der Waals surface area contributed by atoms with Crippen molar-refractivity contribution in [2.75, 3.05) is 13.1 Å². The first kappa shape index (κ1) is 21.2. The highest BCUT2D eigenvalue weighted by Crippen LogP contribution is 2.33. The molecule has 1 fully saturated rings. The molecule has 0 aliphatic carbocycles. The third kappa shape index (κ3) is 3.88. The molecule has 5 rings (SSSR count). The van der Waals surface area contributed by atoms with E-state index in [0.29, 0.717) is 18.7 Å². The molecule has 33 heavy (non-hydrogen) atoms. The van der Waals surface area contributed by atoms with E-state index in [0.717, 1.165) is 40.7 Å². The maximum Gasteiger partial charge on any atom is 0.410 e. The van der Waals surface area contributed by atoms with E-state index in [1.165, 1.54) is 0 Å². The number of aryl methyl sites for hydroxylation is 1. The van der Waals surface area contributed by atoms with Gasteiger partial charge in [0.05, 0.1) is 22.3 Å². The summed E-state index contributed by atoms with van der Waals surface area (Å²) in [6.45, 7) is 6.76. The molecule has 3 aromatic heterocycles. The number of hydrogen-bond acceptors (Lipinski definition) is 5. The molecule has 1 N–H and O–H groups in total. The van der Waals surface area contributed by atoms with Crippen molar-refractivity contribution in [2.24, 2.45) is 7.05 Å². The number of aromatic amines is 1. The number of carbonyl (C=O) groups excluding carboxylic acids is 1. The number of likely N-dealkylation sites (tertiary alicyclic amines) is 1. The number of nitrogens with zero attached hydrogens (tertiary/aromatic N) is 5. The second-order valence-corrected chi connectivity index (χ2v) is 9.60. The van der Waals surface area contributed by atoms with E-state index in [9.17, 15) is 9.59 Å². The van der Waals surface area contributed by atoms with Crippen LogP contribution in [0.4, 0.5) is 4.79 Å². The third-order valence-corrected chi connectivity index (χ3v) is 6.13. The quantitative estimate of drug-likeness (QED) is 0.504. The van der Waals surface area contributed by atoms with Gasteiger partial charge in [0.25, 0.3) is 5.56 Å². The number of hydrogen-bond donors (Lipinski definition) is 1. The first-order chi connectivity index (χ1) is 15.7. The molecule has 9 heteroatoms. The first-order valence-electron chi connectivity index (χ1n) is 11.2. The van der Waals surface area contributed by atoms with Crippen molar-refractivity contribution in [2.45, 2.75) is 45.1 Å². The molecule has 4 heterocycles. The van der Waals surface area contributed by atoms with E-state index in [4.69, 9.17) is 9.84 Å². The second kappa shape index (κ2) is 7.75. The minimum Gasteiger partial charge on any atom is -0.444 e. The molecule has 1 aliphatic heterocycles. The number of nitrogens with one attached hydrogen (secondary N) is 1. The highest BCUT2D eigenvalue weighted by atomic mass is 16.6. The van der Waals surface area contributed by atoms with Gasteiger partial charge in [-0.25, -0.2) is 9.31 Å². The summed E-state index contributed by atoms with van der Waals surface area (Å²) >= 11 is 0. The lowest BCUT2D eigenvalue weighted by Crippen LogP contribution is -2.41. The van der Waals surface area contributed by atoms with Crippen LogP contribution in [-0.4, -0.2) is 54.1 Å². The molecular formula is C24H28N6O3. The van der Waals surface area contributed by atoms with E-state index in [-0.39, 0.29) is 17.6 Å². The van der Waals surface area contributed by atoms with Crippen molar-refractivity contribution in [3.63, 3.8) is 0 Å². The molecule has 1 saturated heterocycles. The molecule has 4 aromatic rings. The summed E-state index contributed by atoms with van der Waals surface area (Å²) in [5.41, 5.74) is 3.59. The predicted octanol–water partition coefficient (Wildman–Crippen LogP) is 3.69. The van der Waals surface area contributed by atoms with E-state index in [2.05, 4.69) is 10.1 Å². The summed E-state index contributed by atoms with van der Waals surface area (Å²) in [6, 6.07) is 9.53. The van der Waals surface area contributed by atoms with Crippen molar-refractivity contribution in [3.05, 3.63) is 52.6 Å². The van der Waals surface area contributed by atoms with Gasteiger partial charge in [0.1, 0.15) is 11.2 Å². The third-order valence-electron chi connectivity index (χ3n) is 6.13. The minimum atomic E-state index is -0.520. The van der Waals surface area contributed by atoms with Crippen molar-refractivity contribution >= 4 is 22.6 Å². The molecule has 1 aromatic carbocycles. The van der Waals surface area contributed by atoms with Gasteiger partial charge in [-0.1, -0.05) is 12.1 Å². The van der Waals surface area contributed by atoms with Crippen LogP contribution in [0, 0.1) is 0 Å². The maximum atomic E-state index is 12.7. The summed E-state index contributed by atoms with van der Waals surface area (Å²) in [7, 11) is 1.90. The highest BCUT2D eigenvalue weighted by molar-refractivity contribution is 6.03. The lowest BCUT2D eigenvalue weighted by molar-refractivity contribution is 0.0203. The average Bonchev–Trinajstić information content (AvgIpc) is 3.35. The number of rotatable bonds is 2. The maximum absolute atomic E-state index is 12.7. The molecule has 0 saturated carbocycles. The fraction of sp³-hybridized carbons (Fsp3) is 0.417.